The Balaban J connectivity index is 1.37. The second-order valence-corrected chi connectivity index (χ2v) is 10.5. The average molecular weight is 507 g/mol. The van der Waals surface area contributed by atoms with Crippen LogP contribution >= 0.6 is 23.2 Å². The molecule has 1 aromatic heterocycles. The van der Waals surface area contributed by atoms with E-state index in [2.05, 4.69) is 21.6 Å². The number of piperidine rings is 1. The van der Waals surface area contributed by atoms with Gasteiger partial charge in [0.2, 0.25) is 0 Å². The zero-order valence-electron chi connectivity index (χ0n) is 20.5. The van der Waals surface area contributed by atoms with Crippen LogP contribution in [0.2, 0.25) is 10.0 Å². The van der Waals surface area contributed by atoms with Gasteiger partial charge in [0.15, 0.2) is 0 Å². The number of aliphatic hydroxyl groups excluding tert-OH is 1. The molecule has 2 saturated heterocycles. The molecule has 2 unspecified atom stereocenters. The molecule has 4 rings (SSSR count). The summed E-state index contributed by atoms with van der Waals surface area (Å²) < 4.78 is 0. The minimum atomic E-state index is 0.0374. The van der Waals surface area contributed by atoms with Crippen LogP contribution < -0.4 is 9.80 Å². The maximum Gasteiger partial charge on any atom is 0.147 e. The molecular weight excluding hydrogens is 469 g/mol. The summed E-state index contributed by atoms with van der Waals surface area (Å²) in [6.07, 6.45) is 5.25. The van der Waals surface area contributed by atoms with Crippen molar-refractivity contribution >= 4 is 34.7 Å². The number of pyridine rings is 1. The van der Waals surface area contributed by atoms with Crippen molar-refractivity contribution < 1.29 is 5.11 Å². The van der Waals surface area contributed by atoms with Crippen LogP contribution in [-0.4, -0.2) is 85.4 Å². The Morgan fingerprint density at radius 2 is 1.79 bits per heavy atom. The number of aromatic nitrogens is 1. The fourth-order valence-corrected chi connectivity index (χ4v) is 5.86. The summed E-state index contributed by atoms with van der Waals surface area (Å²) in [6, 6.07) is 11.0. The first-order chi connectivity index (χ1) is 16.4. The van der Waals surface area contributed by atoms with Crippen LogP contribution in [0.5, 0.6) is 0 Å². The third kappa shape index (κ3) is 5.63. The average Bonchev–Trinajstić information content (AvgIpc) is 2.85. The van der Waals surface area contributed by atoms with E-state index in [4.69, 9.17) is 28.2 Å². The van der Waals surface area contributed by atoms with Crippen molar-refractivity contribution in [3.63, 3.8) is 0 Å². The van der Waals surface area contributed by atoms with Crippen LogP contribution in [0.3, 0.4) is 0 Å². The lowest BCUT2D eigenvalue weighted by Gasteiger charge is -2.48. The normalized spacial score (nSPS) is 21.6. The van der Waals surface area contributed by atoms with Gasteiger partial charge in [-0.2, -0.15) is 0 Å². The Kier molecular flexibility index (Phi) is 8.59. The molecule has 2 aromatic rings. The molecule has 6 nitrogen and oxygen atoms in total. The van der Waals surface area contributed by atoms with Gasteiger partial charge in [-0.05, 0) is 43.0 Å². The number of aliphatic hydroxyl groups is 1. The molecular formula is C26H37Cl2N5O. The Bertz CT molecular complexity index is 933. The fraction of sp³-hybridized carbons (Fsp3) is 0.577. The molecule has 0 saturated carbocycles. The first-order valence-corrected chi connectivity index (χ1v) is 13.1. The highest BCUT2D eigenvalue weighted by Gasteiger charge is 2.35. The lowest BCUT2D eigenvalue weighted by molar-refractivity contribution is 0.0356. The van der Waals surface area contributed by atoms with Crippen molar-refractivity contribution in [2.45, 2.75) is 44.3 Å². The highest BCUT2D eigenvalue weighted by atomic mass is 35.5. The first-order valence-electron chi connectivity index (χ1n) is 12.3. The lowest BCUT2D eigenvalue weighted by atomic mass is 9.96. The van der Waals surface area contributed by atoms with Gasteiger partial charge in [-0.15, -0.1) is 0 Å². The van der Waals surface area contributed by atoms with Crippen molar-refractivity contribution in [1.29, 1.82) is 0 Å². The second-order valence-electron chi connectivity index (χ2n) is 9.66. The van der Waals surface area contributed by atoms with Gasteiger partial charge >= 0.3 is 0 Å². The van der Waals surface area contributed by atoms with Crippen molar-refractivity contribution in [1.82, 2.24) is 14.8 Å². The molecule has 1 N–H and O–H groups in total. The molecule has 3 heterocycles. The molecule has 34 heavy (non-hydrogen) atoms. The van der Waals surface area contributed by atoms with Crippen molar-refractivity contribution in [2.75, 3.05) is 63.2 Å². The molecule has 0 bridgehead atoms. The van der Waals surface area contributed by atoms with Gasteiger partial charge < -0.3 is 14.9 Å². The third-order valence-corrected chi connectivity index (χ3v) is 7.99. The zero-order chi connectivity index (χ0) is 24.2. The molecule has 0 radical (unpaired) electrons. The van der Waals surface area contributed by atoms with Crippen LogP contribution in [0.1, 0.15) is 37.8 Å². The topological polar surface area (TPSA) is 46.1 Å². The quantitative estimate of drug-likeness (QED) is 0.595. The summed E-state index contributed by atoms with van der Waals surface area (Å²) in [5, 5.41) is 11.5. The number of likely N-dealkylation sites (tertiary alicyclic amines) is 1. The van der Waals surface area contributed by atoms with E-state index in [1.807, 2.05) is 55.5 Å². The van der Waals surface area contributed by atoms with E-state index in [9.17, 15) is 5.11 Å². The highest BCUT2D eigenvalue weighted by molar-refractivity contribution is 6.33. The van der Waals surface area contributed by atoms with Crippen LogP contribution in [-0.2, 0) is 0 Å². The van der Waals surface area contributed by atoms with Gasteiger partial charge in [0.25, 0.3) is 0 Å². The maximum atomic E-state index is 10.1. The minimum Gasteiger partial charge on any atom is -0.394 e. The molecule has 8 heteroatoms. The van der Waals surface area contributed by atoms with Crippen molar-refractivity contribution in [3.05, 3.63) is 52.1 Å². The molecule has 1 aromatic carbocycles. The second kappa shape index (κ2) is 11.4. The monoisotopic (exact) mass is 505 g/mol. The van der Waals surface area contributed by atoms with E-state index < -0.39 is 0 Å². The van der Waals surface area contributed by atoms with Crippen LogP contribution in [0.25, 0.3) is 0 Å². The first kappa shape index (κ1) is 25.5. The smallest absolute Gasteiger partial charge is 0.147 e. The third-order valence-electron chi connectivity index (χ3n) is 7.46. The largest absolute Gasteiger partial charge is 0.394 e. The maximum absolute atomic E-state index is 10.1. The van der Waals surface area contributed by atoms with E-state index in [1.54, 1.807) is 0 Å². The Hall–Kier alpha value is -1.57. The molecule has 0 amide bonds. The number of halogens is 2. The molecule has 0 aliphatic carbocycles. The molecule has 2 atom stereocenters. The number of nitrogens with zero attached hydrogens (tertiary/aromatic N) is 5. The number of piperazine rings is 1. The zero-order valence-corrected chi connectivity index (χ0v) is 22.0. The summed E-state index contributed by atoms with van der Waals surface area (Å²) in [4.78, 5) is 14.2. The lowest BCUT2D eigenvalue weighted by Crippen LogP contribution is -2.58. The van der Waals surface area contributed by atoms with Crippen molar-refractivity contribution in [2.24, 2.45) is 0 Å². The van der Waals surface area contributed by atoms with E-state index in [1.165, 1.54) is 0 Å². The summed E-state index contributed by atoms with van der Waals surface area (Å²) >= 11 is 12.7. The van der Waals surface area contributed by atoms with E-state index in [0.29, 0.717) is 12.1 Å². The SMILES string of the molecule is CCC1CN(c2ncc(N(C)C)cc2Cl)CCN1C1CCN(C(CO)c2ccc(Cl)cc2)CC1. The number of hydrogen-bond acceptors (Lipinski definition) is 6. The standard InChI is InChI=1S/C26H37Cl2N5O/c1-4-21-17-32(26-24(28)15-23(16-29-26)30(2)3)13-14-33(21)22-9-11-31(12-10-22)25(18-34)19-5-7-20(27)8-6-19/h5-8,15-16,21-22,25,34H,4,9-14,17-18H2,1-3H3. The number of rotatable bonds is 7. The van der Waals surface area contributed by atoms with E-state index in [0.717, 1.165) is 79.1 Å². The molecule has 2 aliphatic heterocycles. The van der Waals surface area contributed by atoms with Crippen molar-refractivity contribution in [3.8, 4) is 0 Å². The Morgan fingerprint density at radius 1 is 1.09 bits per heavy atom. The molecule has 2 aliphatic rings. The van der Waals surface area contributed by atoms with Gasteiger partial charge in [0.05, 0.1) is 29.6 Å². The summed E-state index contributed by atoms with van der Waals surface area (Å²) in [7, 11) is 4.00. The van der Waals surface area contributed by atoms with Crippen LogP contribution in [0.15, 0.2) is 36.5 Å². The molecule has 186 valence electrons. The number of anilines is 2. The van der Waals surface area contributed by atoms with E-state index >= 15 is 0 Å². The van der Waals surface area contributed by atoms with Gasteiger partial charge in [-0.25, -0.2) is 4.98 Å². The molecule has 2 fully saturated rings. The number of benzene rings is 1. The molecule has 0 spiro atoms. The Labute approximate surface area is 214 Å². The summed E-state index contributed by atoms with van der Waals surface area (Å²) in [5.74, 6) is 0.897. The van der Waals surface area contributed by atoms with Gasteiger partial charge in [0, 0.05) is 63.9 Å². The van der Waals surface area contributed by atoms with Crippen LogP contribution in [0.4, 0.5) is 11.5 Å². The van der Waals surface area contributed by atoms with Gasteiger partial charge in [-0.3, -0.25) is 9.80 Å². The predicted octanol–water partition coefficient (Wildman–Crippen LogP) is 4.55. The Morgan fingerprint density at radius 3 is 2.38 bits per heavy atom. The fourth-order valence-electron chi connectivity index (χ4n) is 5.45. The van der Waals surface area contributed by atoms with E-state index in [-0.39, 0.29) is 12.6 Å². The number of hydrogen-bond donors (Lipinski definition) is 1. The summed E-state index contributed by atoms with van der Waals surface area (Å²) in [6.45, 7) is 7.32. The highest BCUT2D eigenvalue weighted by Crippen LogP contribution is 2.32. The predicted molar refractivity (Wildman–Crippen MR) is 142 cm³/mol. The summed E-state index contributed by atoms with van der Waals surface area (Å²) in [5.41, 5.74) is 2.15. The van der Waals surface area contributed by atoms with Gasteiger partial charge in [-0.1, -0.05) is 42.3 Å². The van der Waals surface area contributed by atoms with Crippen LogP contribution in [0, 0.1) is 0 Å². The van der Waals surface area contributed by atoms with Gasteiger partial charge in [0.1, 0.15) is 5.82 Å². The minimum absolute atomic E-state index is 0.0374.